The van der Waals surface area contributed by atoms with E-state index in [4.69, 9.17) is 9.90 Å². The summed E-state index contributed by atoms with van der Waals surface area (Å²) in [6.07, 6.45) is -0.227. The fourth-order valence-corrected chi connectivity index (χ4v) is 3.36. The maximum atomic E-state index is 13.0. The zero-order valence-corrected chi connectivity index (χ0v) is 15.7. The van der Waals surface area contributed by atoms with Crippen LogP contribution in [0.1, 0.15) is 6.42 Å². The molecule has 0 aliphatic carbocycles. The Balaban J connectivity index is 0.000000370. The predicted octanol–water partition coefficient (Wildman–Crippen LogP) is 1.16. The van der Waals surface area contributed by atoms with Gasteiger partial charge in [0.05, 0.1) is 12.4 Å². The SMILES string of the molecule is C=CCN1CCN(C)C(=O)C12CCN(c1ncc(F)cn1)C2.O=C(O)C(F)(F)F. The molecule has 160 valence electrons. The van der Waals surface area contributed by atoms with Gasteiger partial charge in [-0.2, -0.15) is 13.2 Å². The van der Waals surface area contributed by atoms with Crippen LogP contribution in [-0.2, 0) is 9.59 Å². The van der Waals surface area contributed by atoms with Crippen molar-refractivity contribution >= 4 is 17.8 Å². The highest BCUT2D eigenvalue weighted by atomic mass is 19.4. The van der Waals surface area contributed by atoms with Crippen LogP contribution in [0.5, 0.6) is 0 Å². The van der Waals surface area contributed by atoms with Crippen molar-refractivity contribution in [1.29, 1.82) is 0 Å². The van der Waals surface area contributed by atoms with Gasteiger partial charge in [0.1, 0.15) is 5.54 Å². The second-order valence-corrected chi connectivity index (χ2v) is 6.67. The average molecular weight is 419 g/mol. The number of amides is 1. The number of alkyl halides is 3. The van der Waals surface area contributed by atoms with Gasteiger partial charge in [-0.15, -0.1) is 6.58 Å². The Labute approximate surface area is 164 Å². The first kappa shape index (κ1) is 22.5. The smallest absolute Gasteiger partial charge is 0.475 e. The summed E-state index contributed by atoms with van der Waals surface area (Å²) in [6.45, 7) is 7.22. The number of carbonyl (C=O) groups is 2. The topological polar surface area (TPSA) is 89.9 Å². The molecule has 0 aromatic carbocycles. The number of carbonyl (C=O) groups excluding carboxylic acids is 1. The first-order chi connectivity index (χ1) is 13.5. The minimum absolute atomic E-state index is 0.130. The molecular formula is C17H21F4N5O3. The van der Waals surface area contributed by atoms with Crippen LogP contribution in [0.2, 0.25) is 0 Å². The molecule has 0 radical (unpaired) electrons. The predicted molar refractivity (Wildman–Crippen MR) is 94.6 cm³/mol. The second kappa shape index (κ2) is 8.72. The molecule has 8 nitrogen and oxygen atoms in total. The Bertz CT molecular complexity index is 758. The van der Waals surface area contributed by atoms with E-state index >= 15 is 0 Å². The number of hydrogen-bond donors (Lipinski definition) is 1. The highest BCUT2D eigenvalue weighted by Crippen LogP contribution is 2.33. The molecule has 12 heteroatoms. The Hall–Kier alpha value is -2.76. The normalized spacial score (nSPS) is 22.4. The number of carboxylic acids is 1. The number of carboxylic acid groups (broad SMARTS) is 1. The lowest BCUT2D eigenvalue weighted by Crippen LogP contribution is -2.66. The van der Waals surface area contributed by atoms with Gasteiger partial charge >= 0.3 is 12.1 Å². The van der Waals surface area contributed by atoms with Crippen molar-refractivity contribution in [2.24, 2.45) is 0 Å². The molecule has 1 aromatic rings. The van der Waals surface area contributed by atoms with Crippen molar-refractivity contribution in [2.45, 2.75) is 18.1 Å². The molecule has 2 fully saturated rings. The number of nitrogens with zero attached hydrogens (tertiary/aromatic N) is 5. The number of aliphatic carboxylic acids is 1. The van der Waals surface area contributed by atoms with Crippen LogP contribution in [0.4, 0.5) is 23.5 Å². The van der Waals surface area contributed by atoms with Crippen LogP contribution in [-0.4, -0.2) is 88.2 Å². The fourth-order valence-electron chi connectivity index (χ4n) is 3.36. The van der Waals surface area contributed by atoms with Crippen LogP contribution >= 0.6 is 0 Å². The molecule has 1 atom stereocenters. The molecule has 2 saturated heterocycles. The second-order valence-electron chi connectivity index (χ2n) is 6.67. The number of halogens is 4. The van der Waals surface area contributed by atoms with Gasteiger partial charge in [-0.3, -0.25) is 9.69 Å². The van der Waals surface area contributed by atoms with Crippen LogP contribution in [0.25, 0.3) is 0 Å². The summed E-state index contributed by atoms with van der Waals surface area (Å²) in [5.41, 5.74) is -0.557. The maximum Gasteiger partial charge on any atom is 0.490 e. The lowest BCUT2D eigenvalue weighted by molar-refractivity contribution is -0.192. The number of piperazine rings is 1. The quantitative estimate of drug-likeness (QED) is 0.581. The van der Waals surface area contributed by atoms with Gasteiger partial charge in [0.15, 0.2) is 5.82 Å². The first-order valence-electron chi connectivity index (χ1n) is 8.65. The van der Waals surface area contributed by atoms with Crippen LogP contribution < -0.4 is 4.90 Å². The molecular weight excluding hydrogens is 398 g/mol. The Morgan fingerprint density at radius 3 is 2.41 bits per heavy atom. The average Bonchev–Trinajstić information content (AvgIpc) is 3.09. The summed E-state index contributed by atoms with van der Waals surface area (Å²) in [7, 11) is 1.84. The molecule has 1 spiro atoms. The van der Waals surface area contributed by atoms with E-state index in [1.54, 1.807) is 4.90 Å². The van der Waals surface area contributed by atoms with Crippen LogP contribution in [0.15, 0.2) is 25.0 Å². The zero-order chi connectivity index (χ0) is 21.8. The number of aromatic nitrogens is 2. The molecule has 1 unspecified atom stereocenters. The third kappa shape index (κ3) is 5.00. The number of likely N-dealkylation sites (N-methyl/N-ethyl adjacent to an activating group) is 1. The molecule has 2 aliphatic heterocycles. The van der Waals surface area contributed by atoms with Crippen LogP contribution in [0, 0.1) is 5.82 Å². The summed E-state index contributed by atoms with van der Waals surface area (Å²) < 4.78 is 44.7. The van der Waals surface area contributed by atoms with E-state index < -0.39 is 23.5 Å². The van der Waals surface area contributed by atoms with Gasteiger partial charge in [-0.25, -0.2) is 19.2 Å². The fraction of sp³-hybridized carbons (Fsp3) is 0.529. The van der Waals surface area contributed by atoms with E-state index in [0.717, 1.165) is 25.5 Å². The van der Waals surface area contributed by atoms with Gasteiger partial charge in [0.2, 0.25) is 11.9 Å². The first-order valence-corrected chi connectivity index (χ1v) is 8.65. The van der Waals surface area contributed by atoms with Crippen molar-refractivity contribution < 1.29 is 32.3 Å². The maximum absolute atomic E-state index is 13.0. The zero-order valence-electron chi connectivity index (χ0n) is 15.7. The Kier molecular flexibility index (Phi) is 6.77. The van der Waals surface area contributed by atoms with Crippen molar-refractivity contribution in [2.75, 3.05) is 44.7 Å². The lowest BCUT2D eigenvalue weighted by Gasteiger charge is -2.46. The Morgan fingerprint density at radius 1 is 1.31 bits per heavy atom. The Morgan fingerprint density at radius 2 is 1.90 bits per heavy atom. The summed E-state index contributed by atoms with van der Waals surface area (Å²) in [5, 5.41) is 7.12. The third-order valence-electron chi connectivity index (χ3n) is 4.78. The van der Waals surface area contributed by atoms with Crippen molar-refractivity contribution in [3.8, 4) is 0 Å². The molecule has 0 bridgehead atoms. The molecule has 0 saturated carbocycles. The van der Waals surface area contributed by atoms with Gasteiger partial charge in [-0.1, -0.05) is 6.08 Å². The third-order valence-corrected chi connectivity index (χ3v) is 4.78. The molecule has 3 heterocycles. The summed E-state index contributed by atoms with van der Waals surface area (Å²) in [5.74, 6) is -2.62. The highest BCUT2D eigenvalue weighted by Gasteiger charge is 2.52. The monoisotopic (exact) mass is 419 g/mol. The molecule has 1 aromatic heterocycles. The minimum Gasteiger partial charge on any atom is -0.475 e. The molecule has 1 N–H and O–H groups in total. The number of hydrogen-bond acceptors (Lipinski definition) is 6. The van der Waals surface area contributed by atoms with E-state index in [9.17, 15) is 22.4 Å². The standard InChI is InChI=1S/C15H20FN5O.C2HF3O2/c1-3-5-21-8-7-19(2)13(22)15(21)4-6-20(11-15)14-17-9-12(16)10-18-14;3-2(4,5)1(6)7/h3,9-10H,1,4-8,11H2,2H3;(H,6,7). The van der Waals surface area contributed by atoms with E-state index in [0.29, 0.717) is 32.0 Å². The summed E-state index contributed by atoms with van der Waals surface area (Å²) >= 11 is 0. The van der Waals surface area contributed by atoms with Crippen molar-refractivity contribution in [3.63, 3.8) is 0 Å². The number of anilines is 1. The molecule has 1 amide bonds. The molecule has 3 rings (SSSR count). The summed E-state index contributed by atoms with van der Waals surface area (Å²) in [4.78, 5) is 35.7. The van der Waals surface area contributed by atoms with E-state index in [-0.39, 0.29) is 5.91 Å². The van der Waals surface area contributed by atoms with Gasteiger partial charge < -0.3 is 14.9 Å². The van der Waals surface area contributed by atoms with E-state index in [1.807, 2.05) is 18.0 Å². The van der Waals surface area contributed by atoms with E-state index in [2.05, 4.69) is 21.4 Å². The van der Waals surface area contributed by atoms with Gasteiger partial charge in [0, 0.05) is 39.8 Å². The molecule has 29 heavy (non-hydrogen) atoms. The van der Waals surface area contributed by atoms with E-state index in [1.165, 1.54) is 0 Å². The van der Waals surface area contributed by atoms with Gasteiger partial charge in [0.25, 0.3) is 0 Å². The molecule has 2 aliphatic rings. The lowest BCUT2D eigenvalue weighted by atomic mass is 9.91. The largest absolute Gasteiger partial charge is 0.490 e. The summed E-state index contributed by atoms with van der Waals surface area (Å²) in [6, 6.07) is 0. The number of rotatable bonds is 3. The van der Waals surface area contributed by atoms with Crippen LogP contribution in [0.3, 0.4) is 0 Å². The van der Waals surface area contributed by atoms with Crippen molar-refractivity contribution in [1.82, 2.24) is 19.8 Å². The van der Waals surface area contributed by atoms with Crippen molar-refractivity contribution in [3.05, 3.63) is 30.9 Å². The minimum atomic E-state index is -5.08. The van der Waals surface area contributed by atoms with Gasteiger partial charge in [-0.05, 0) is 6.42 Å². The highest BCUT2D eigenvalue weighted by molar-refractivity contribution is 5.88.